The summed E-state index contributed by atoms with van der Waals surface area (Å²) < 4.78 is 11.9. The fourth-order valence-corrected chi connectivity index (χ4v) is 4.26. The highest BCUT2D eigenvalue weighted by Crippen LogP contribution is 2.24. The minimum absolute atomic E-state index is 0.0774. The molecule has 1 saturated heterocycles. The minimum atomic E-state index is -0.788. The van der Waals surface area contributed by atoms with Crippen LogP contribution in [-0.4, -0.2) is 49.3 Å². The molecule has 0 radical (unpaired) electrons. The van der Waals surface area contributed by atoms with Gasteiger partial charge < -0.3 is 14.8 Å². The van der Waals surface area contributed by atoms with Crippen molar-refractivity contribution in [2.75, 3.05) is 38.2 Å². The number of carbonyl (C=O) groups excluding carboxylic acids is 1. The van der Waals surface area contributed by atoms with Crippen molar-refractivity contribution in [3.63, 3.8) is 0 Å². The van der Waals surface area contributed by atoms with Gasteiger partial charge in [0.1, 0.15) is 18.0 Å². The highest BCUT2D eigenvalue weighted by atomic mass is 16.5. The Bertz CT molecular complexity index is 614. The fraction of sp³-hybridized carbons (Fsp3) is 0.720. The molecule has 30 heavy (non-hydrogen) atoms. The number of nitrogens with one attached hydrogen (secondary N) is 1. The van der Waals surface area contributed by atoms with E-state index in [1.54, 1.807) is 0 Å². The summed E-state index contributed by atoms with van der Waals surface area (Å²) in [4.78, 5) is 15.4. The lowest BCUT2D eigenvalue weighted by Gasteiger charge is -2.34. The molecule has 1 aromatic carbocycles. The number of nitrogens with zero attached hydrogens (tertiary/aromatic N) is 1. The van der Waals surface area contributed by atoms with E-state index < -0.39 is 5.60 Å². The lowest BCUT2D eigenvalue weighted by molar-refractivity contribution is -0.140. The van der Waals surface area contributed by atoms with Crippen LogP contribution in [-0.2, 0) is 9.53 Å². The van der Waals surface area contributed by atoms with Crippen LogP contribution in [0.2, 0.25) is 0 Å². The third kappa shape index (κ3) is 7.92. The molecule has 1 heterocycles. The SMILES string of the molecule is CCCCC(C)(OCCC)C(=O)Nc1ccc(OCCN2CC(C)CC(C)C2)cc1. The number of rotatable bonds is 12. The zero-order valence-electron chi connectivity index (χ0n) is 19.7. The van der Waals surface area contributed by atoms with Crippen LogP contribution in [0.4, 0.5) is 5.69 Å². The molecular formula is C25H42N2O3. The summed E-state index contributed by atoms with van der Waals surface area (Å²) in [5.41, 5.74) is -0.0157. The van der Waals surface area contributed by atoms with Crippen molar-refractivity contribution in [2.45, 2.75) is 72.3 Å². The molecule has 1 aliphatic heterocycles. The van der Waals surface area contributed by atoms with Crippen molar-refractivity contribution < 1.29 is 14.3 Å². The van der Waals surface area contributed by atoms with Gasteiger partial charge in [-0.3, -0.25) is 9.69 Å². The second-order valence-corrected chi connectivity index (χ2v) is 9.22. The minimum Gasteiger partial charge on any atom is -0.492 e. The molecule has 5 heteroatoms. The summed E-state index contributed by atoms with van der Waals surface area (Å²) in [7, 11) is 0. The molecule has 0 spiro atoms. The molecule has 1 aromatic rings. The molecule has 1 fully saturated rings. The molecule has 0 aromatic heterocycles. The van der Waals surface area contributed by atoms with Crippen molar-refractivity contribution in [1.29, 1.82) is 0 Å². The predicted molar refractivity (Wildman–Crippen MR) is 124 cm³/mol. The van der Waals surface area contributed by atoms with E-state index in [0.29, 0.717) is 13.2 Å². The molecule has 0 bridgehead atoms. The Morgan fingerprint density at radius 2 is 1.77 bits per heavy atom. The Balaban J connectivity index is 1.83. The van der Waals surface area contributed by atoms with Crippen LogP contribution in [0.25, 0.3) is 0 Å². The smallest absolute Gasteiger partial charge is 0.256 e. The first-order valence-electron chi connectivity index (χ1n) is 11.8. The number of amides is 1. The number of benzene rings is 1. The number of ether oxygens (including phenoxy) is 2. The van der Waals surface area contributed by atoms with E-state index in [4.69, 9.17) is 9.47 Å². The monoisotopic (exact) mass is 418 g/mol. The van der Waals surface area contributed by atoms with E-state index in [-0.39, 0.29) is 5.91 Å². The molecule has 170 valence electrons. The number of unbranched alkanes of at least 4 members (excludes halogenated alkanes) is 1. The van der Waals surface area contributed by atoms with Gasteiger partial charge in [0.25, 0.3) is 5.91 Å². The highest BCUT2D eigenvalue weighted by molar-refractivity contribution is 5.97. The lowest BCUT2D eigenvalue weighted by atomic mass is 9.92. The molecule has 1 N–H and O–H groups in total. The van der Waals surface area contributed by atoms with E-state index in [1.165, 1.54) is 6.42 Å². The van der Waals surface area contributed by atoms with Crippen LogP contribution in [0, 0.1) is 11.8 Å². The summed E-state index contributed by atoms with van der Waals surface area (Å²) in [5.74, 6) is 2.29. The van der Waals surface area contributed by atoms with Crippen LogP contribution in [0.1, 0.15) is 66.7 Å². The van der Waals surface area contributed by atoms with Crippen LogP contribution < -0.4 is 10.1 Å². The van der Waals surface area contributed by atoms with Gasteiger partial charge in [-0.15, -0.1) is 0 Å². The Hall–Kier alpha value is -1.59. The van der Waals surface area contributed by atoms with Crippen molar-refractivity contribution in [2.24, 2.45) is 11.8 Å². The normalized spacial score (nSPS) is 21.8. The Labute approximate surface area is 183 Å². The van der Waals surface area contributed by atoms with Gasteiger partial charge in [0.2, 0.25) is 0 Å². The molecule has 2 rings (SSSR count). The number of likely N-dealkylation sites (tertiary alicyclic amines) is 1. The van der Waals surface area contributed by atoms with Gasteiger partial charge in [-0.25, -0.2) is 0 Å². The molecule has 0 aliphatic carbocycles. The molecule has 5 nitrogen and oxygen atoms in total. The van der Waals surface area contributed by atoms with Gasteiger partial charge >= 0.3 is 0 Å². The quantitative estimate of drug-likeness (QED) is 0.497. The van der Waals surface area contributed by atoms with E-state index in [0.717, 1.165) is 68.6 Å². The summed E-state index contributed by atoms with van der Waals surface area (Å²) in [5, 5.41) is 3.02. The zero-order valence-corrected chi connectivity index (χ0v) is 19.7. The first-order valence-corrected chi connectivity index (χ1v) is 11.8. The molecule has 3 unspecified atom stereocenters. The zero-order chi connectivity index (χ0) is 22.0. The van der Waals surface area contributed by atoms with Crippen LogP contribution in [0.3, 0.4) is 0 Å². The highest BCUT2D eigenvalue weighted by Gasteiger charge is 2.33. The van der Waals surface area contributed by atoms with E-state index in [2.05, 4.69) is 37.9 Å². The average molecular weight is 419 g/mol. The van der Waals surface area contributed by atoms with Gasteiger partial charge in [0.05, 0.1) is 0 Å². The first kappa shape index (κ1) is 24.7. The Morgan fingerprint density at radius 1 is 1.10 bits per heavy atom. The van der Waals surface area contributed by atoms with E-state index in [9.17, 15) is 4.79 Å². The predicted octanol–water partition coefficient (Wildman–Crippen LogP) is 5.36. The standard InChI is InChI=1S/C25H42N2O3/c1-6-8-13-25(5,30-15-7-2)24(28)26-22-9-11-23(12-10-22)29-16-14-27-18-20(3)17-21(4)19-27/h9-12,20-21H,6-8,13-19H2,1-5H3,(H,26,28). The molecule has 1 amide bonds. The first-order chi connectivity index (χ1) is 14.4. The van der Waals surface area contributed by atoms with Crippen molar-refractivity contribution in [3.05, 3.63) is 24.3 Å². The summed E-state index contributed by atoms with van der Waals surface area (Å²) >= 11 is 0. The lowest BCUT2D eigenvalue weighted by Crippen LogP contribution is -2.43. The van der Waals surface area contributed by atoms with Crippen molar-refractivity contribution in [1.82, 2.24) is 4.90 Å². The topological polar surface area (TPSA) is 50.8 Å². The Kier molecular flexibility index (Phi) is 10.1. The van der Waals surface area contributed by atoms with E-state index in [1.807, 2.05) is 31.2 Å². The van der Waals surface area contributed by atoms with Gasteiger partial charge in [-0.1, -0.05) is 40.5 Å². The Morgan fingerprint density at radius 3 is 2.37 bits per heavy atom. The fourth-order valence-electron chi connectivity index (χ4n) is 4.26. The molecule has 1 aliphatic rings. The third-order valence-corrected chi connectivity index (χ3v) is 5.85. The van der Waals surface area contributed by atoms with Crippen LogP contribution >= 0.6 is 0 Å². The van der Waals surface area contributed by atoms with Gasteiger partial charge in [0, 0.05) is 31.9 Å². The maximum atomic E-state index is 12.9. The number of hydrogen-bond donors (Lipinski definition) is 1. The maximum absolute atomic E-state index is 12.9. The number of anilines is 1. The number of carbonyl (C=O) groups is 1. The third-order valence-electron chi connectivity index (χ3n) is 5.85. The largest absolute Gasteiger partial charge is 0.492 e. The molecule has 3 atom stereocenters. The molecule has 0 saturated carbocycles. The summed E-state index contributed by atoms with van der Waals surface area (Å²) in [6.45, 7) is 15.3. The van der Waals surface area contributed by atoms with Crippen molar-refractivity contribution in [3.8, 4) is 5.75 Å². The van der Waals surface area contributed by atoms with E-state index >= 15 is 0 Å². The van der Waals surface area contributed by atoms with Gasteiger partial charge in [0.15, 0.2) is 0 Å². The second-order valence-electron chi connectivity index (χ2n) is 9.22. The second kappa shape index (κ2) is 12.3. The summed E-state index contributed by atoms with van der Waals surface area (Å²) in [6.07, 6.45) is 4.96. The van der Waals surface area contributed by atoms with Crippen LogP contribution in [0.5, 0.6) is 5.75 Å². The summed E-state index contributed by atoms with van der Waals surface area (Å²) in [6, 6.07) is 7.65. The van der Waals surface area contributed by atoms with Crippen LogP contribution in [0.15, 0.2) is 24.3 Å². The van der Waals surface area contributed by atoms with Crippen molar-refractivity contribution >= 4 is 11.6 Å². The average Bonchev–Trinajstić information content (AvgIpc) is 2.71. The number of hydrogen-bond acceptors (Lipinski definition) is 4. The number of piperidine rings is 1. The van der Waals surface area contributed by atoms with Gasteiger partial charge in [-0.2, -0.15) is 0 Å². The maximum Gasteiger partial charge on any atom is 0.256 e. The molecular weight excluding hydrogens is 376 g/mol. The van der Waals surface area contributed by atoms with Gasteiger partial charge in [-0.05, 0) is 62.3 Å².